The van der Waals surface area contributed by atoms with Crippen molar-refractivity contribution in [1.82, 2.24) is 14.9 Å². The molecule has 1 saturated heterocycles. The summed E-state index contributed by atoms with van der Waals surface area (Å²) in [6.45, 7) is 2.76. The van der Waals surface area contributed by atoms with Gasteiger partial charge < -0.3 is 15.0 Å². The van der Waals surface area contributed by atoms with Crippen molar-refractivity contribution in [2.24, 2.45) is 0 Å². The SMILES string of the molecule is Cc1[nH]c(-c2ccc(F)cc2)nc1C(=O)N1CCC[C@H](O)C1. The molecule has 0 radical (unpaired) electrons. The first-order valence-corrected chi connectivity index (χ1v) is 7.34. The number of carbonyl (C=O) groups is 1. The Hall–Kier alpha value is -2.21. The summed E-state index contributed by atoms with van der Waals surface area (Å²) in [5.41, 5.74) is 1.75. The summed E-state index contributed by atoms with van der Waals surface area (Å²) in [5, 5.41) is 9.70. The number of imidazole rings is 1. The average molecular weight is 303 g/mol. The zero-order valence-corrected chi connectivity index (χ0v) is 12.3. The van der Waals surface area contributed by atoms with E-state index in [0.29, 0.717) is 30.3 Å². The van der Waals surface area contributed by atoms with Crippen LogP contribution >= 0.6 is 0 Å². The number of piperidine rings is 1. The highest BCUT2D eigenvalue weighted by atomic mass is 19.1. The maximum atomic E-state index is 13.0. The number of rotatable bonds is 2. The van der Waals surface area contributed by atoms with E-state index in [-0.39, 0.29) is 11.7 Å². The summed E-state index contributed by atoms with van der Waals surface area (Å²) in [6.07, 6.45) is 1.05. The second-order valence-electron chi connectivity index (χ2n) is 5.61. The molecule has 1 aromatic heterocycles. The van der Waals surface area contributed by atoms with Crippen LogP contribution in [0.2, 0.25) is 0 Å². The molecule has 0 unspecified atom stereocenters. The molecule has 6 heteroatoms. The van der Waals surface area contributed by atoms with Crippen LogP contribution in [-0.4, -0.2) is 45.1 Å². The molecule has 1 aromatic carbocycles. The van der Waals surface area contributed by atoms with E-state index in [1.165, 1.54) is 12.1 Å². The molecule has 0 aliphatic carbocycles. The normalized spacial score (nSPS) is 18.5. The van der Waals surface area contributed by atoms with Crippen LogP contribution in [0.3, 0.4) is 0 Å². The molecule has 2 heterocycles. The van der Waals surface area contributed by atoms with E-state index in [2.05, 4.69) is 9.97 Å². The van der Waals surface area contributed by atoms with E-state index in [4.69, 9.17) is 0 Å². The minimum Gasteiger partial charge on any atom is -0.391 e. The molecule has 3 rings (SSSR count). The van der Waals surface area contributed by atoms with Gasteiger partial charge in [-0.1, -0.05) is 0 Å². The quantitative estimate of drug-likeness (QED) is 0.893. The van der Waals surface area contributed by atoms with E-state index < -0.39 is 6.10 Å². The third kappa shape index (κ3) is 2.87. The van der Waals surface area contributed by atoms with Gasteiger partial charge in [-0.2, -0.15) is 0 Å². The van der Waals surface area contributed by atoms with Gasteiger partial charge in [0.2, 0.25) is 0 Å². The zero-order valence-electron chi connectivity index (χ0n) is 12.3. The van der Waals surface area contributed by atoms with Crippen molar-refractivity contribution in [3.63, 3.8) is 0 Å². The lowest BCUT2D eigenvalue weighted by Gasteiger charge is -2.29. The second kappa shape index (κ2) is 5.88. The van der Waals surface area contributed by atoms with Crippen LogP contribution in [0.1, 0.15) is 29.0 Å². The van der Waals surface area contributed by atoms with E-state index >= 15 is 0 Å². The van der Waals surface area contributed by atoms with Crippen molar-refractivity contribution < 1.29 is 14.3 Å². The van der Waals surface area contributed by atoms with Crippen molar-refractivity contribution >= 4 is 5.91 Å². The van der Waals surface area contributed by atoms with E-state index in [1.807, 2.05) is 0 Å². The lowest BCUT2D eigenvalue weighted by Crippen LogP contribution is -2.42. The Labute approximate surface area is 127 Å². The predicted octanol–water partition coefficient (Wildman–Crippen LogP) is 2.12. The minimum atomic E-state index is -0.464. The summed E-state index contributed by atoms with van der Waals surface area (Å²) in [7, 11) is 0. The van der Waals surface area contributed by atoms with Crippen LogP contribution in [0.25, 0.3) is 11.4 Å². The van der Waals surface area contributed by atoms with Crippen molar-refractivity contribution in [3.8, 4) is 11.4 Å². The molecule has 1 amide bonds. The standard InChI is InChI=1S/C16H18FN3O2/c1-10-14(16(22)20-8-2-3-13(21)9-20)19-15(18-10)11-4-6-12(17)7-5-11/h4-7,13,21H,2-3,8-9H2,1H3,(H,18,19)/t13-/m0/s1. The Balaban J connectivity index is 1.85. The Kier molecular flexibility index (Phi) is 3.94. The van der Waals surface area contributed by atoms with Crippen LogP contribution in [0.4, 0.5) is 4.39 Å². The second-order valence-corrected chi connectivity index (χ2v) is 5.61. The van der Waals surface area contributed by atoms with Gasteiger partial charge in [0.15, 0.2) is 0 Å². The van der Waals surface area contributed by atoms with E-state index in [0.717, 1.165) is 18.4 Å². The Morgan fingerprint density at radius 1 is 1.41 bits per heavy atom. The molecular formula is C16H18FN3O2. The number of aryl methyl sites for hydroxylation is 1. The number of H-pyrrole nitrogens is 1. The Bertz CT molecular complexity index is 681. The number of benzene rings is 1. The first kappa shape index (κ1) is 14.7. The van der Waals surface area contributed by atoms with Gasteiger partial charge in [-0.25, -0.2) is 9.37 Å². The summed E-state index contributed by atoms with van der Waals surface area (Å²) in [6, 6.07) is 5.95. The number of aromatic nitrogens is 2. The van der Waals surface area contributed by atoms with Crippen LogP contribution in [-0.2, 0) is 0 Å². The van der Waals surface area contributed by atoms with Gasteiger partial charge >= 0.3 is 0 Å². The number of hydrogen-bond donors (Lipinski definition) is 2. The number of halogens is 1. The molecule has 0 saturated carbocycles. The molecule has 1 atom stereocenters. The molecule has 5 nitrogen and oxygen atoms in total. The number of carbonyl (C=O) groups excluding carboxylic acids is 1. The minimum absolute atomic E-state index is 0.180. The van der Waals surface area contributed by atoms with Gasteiger partial charge in [0.1, 0.15) is 17.3 Å². The van der Waals surface area contributed by atoms with Crippen LogP contribution in [0.5, 0.6) is 0 Å². The molecule has 0 spiro atoms. The number of aromatic amines is 1. The van der Waals surface area contributed by atoms with E-state index in [9.17, 15) is 14.3 Å². The number of likely N-dealkylation sites (tertiary alicyclic amines) is 1. The maximum absolute atomic E-state index is 13.0. The van der Waals surface area contributed by atoms with Crippen LogP contribution in [0.15, 0.2) is 24.3 Å². The highest BCUT2D eigenvalue weighted by Gasteiger charge is 2.26. The number of nitrogens with zero attached hydrogens (tertiary/aromatic N) is 2. The lowest BCUT2D eigenvalue weighted by atomic mass is 10.1. The van der Waals surface area contributed by atoms with Crippen molar-refractivity contribution in [3.05, 3.63) is 41.5 Å². The van der Waals surface area contributed by atoms with Gasteiger partial charge in [0.05, 0.1) is 6.10 Å². The third-order valence-corrected chi connectivity index (χ3v) is 3.89. The molecule has 116 valence electrons. The van der Waals surface area contributed by atoms with Crippen LogP contribution < -0.4 is 0 Å². The molecule has 1 fully saturated rings. The monoisotopic (exact) mass is 303 g/mol. The third-order valence-electron chi connectivity index (χ3n) is 3.89. The maximum Gasteiger partial charge on any atom is 0.274 e. The first-order chi connectivity index (χ1) is 10.5. The van der Waals surface area contributed by atoms with Gasteiger partial charge in [0.25, 0.3) is 5.91 Å². The summed E-state index contributed by atoms with van der Waals surface area (Å²) < 4.78 is 13.0. The Morgan fingerprint density at radius 2 is 2.14 bits per heavy atom. The molecule has 22 heavy (non-hydrogen) atoms. The van der Waals surface area contributed by atoms with Gasteiger partial charge in [0, 0.05) is 24.3 Å². The highest BCUT2D eigenvalue weighted by molar-refractivity contribution is 5.94. The lowest BCUT2D eigenvalue weighted by molar-refractivity contribution is 0.0469. The predicted molar refractivity (Wildman–Crippen MR) is 79.9 cm³/mol. The molecule has 2 aromatic rings. The van der Waals surface area contributed by atoms with Crippen molar-refractivity contribution in [1.29, 1.82) is 0 Å². The average Bonchev–Trinajstić information content (AvgIpc) is 2.89. The number of aliphatic hydroxyl groups is 1. The molecule has 2 N–H and O–H groups in total. The molecule has 1 aliphatic heterocycles. The fraction of sp³-hybridized carbons (Fsp3) is 0.375. The fourth-order valence-corrected chi connectivity index (χ4v) is 2.70. The number of aliphatic hydroxyl groups excluding tert-OH is 1. The van der Waals surface area contributed by atoms with Crippen molar-refractivity contribution in [2.75, 3.05) is 13.1 Å². The highest BCUT2D eigenvalue weighted by Crippen LogP contribution is 2.20. The topological polar surface area (TPSA) is 69.2 Å². The van der Waals surface area contributed by atoms with E-state index in [1.54, 1.807) is 24.0 Å². The number of β-amino-alcohol motifs (C(OH)–C–C–N with tert-alkyl or cyclic N) is 1. The number of amides is 1. The molecular weight excluding hydrogens is 285 g/mol. The van der Waals surface area contributed by atoms with Crippen molar-refractivity contribution in [2.45, 2.75) is 25.9 Å². The summed E-state index contributed by atoms with van der Waals surface area (Å²) >= 11 is 0. The van der Waals surface area contributed by atoms with Crippen LogP contribution in [0, 0.1) is 12.7 Å². The first-order valence-electron chi connectivity index (χ1n) is 7.34. The Morgan fingerprint density at radius 3 is 2.82 bits per heavy atom. The fourth-order valence-electron chi connectivity index (χ4n) is 2.70. The van der Waals surface area contributed by atoms with Gasteiger partial charge in [-0.05, 0) is 44.0 Å². The summed E-state index contributed by atoms with van der Waals surface area (Å²) in [5.74, 6) is 0.0462. The number of hydrogen-bond acceptors (Lipinski definition) is 3. The molecule has 1 aliphatic rings. The largest absolute Gasteiger partial charge is 0.391 e. The van der Waals surface area contributed by atoms with Gasteiger partial charge in [-0.3, -0.25) is 4.79 Å². The number of nitrogens with one attached hydrogen (secondary N) is 1. The smallest absolute Gasteiger partial charge is 0.274 e. The zero-order chi connectivity index (χ0) is 15.7. The molecule has 0 bridgehead atoms. The van der Waals surface area contributed by atoms with Gasteiger partial charge in [-0.15, -0.1) is 0 Å². The summed E-state index contributed by atoms with van der Waals surface area (Å²) in [4.78, 5) is 21.6.